The van der Waals surface area contributed by atoms with E-state index in [1.807, 2.05) is 42.5 Å². The number of fused-ring (bicyclic) bond motifs is 1. The van der Waals surface area contributed by atoms with Gasteiger partial charge in [-0.25, -0.2) is 4.79 Å². The first-order valence-electron chi connectivity index (χ1n) is 11.8. The molecule has 2 N–H and O–H groups in total. The highest BCUT2D eigenvalue weighted by molar-refractivity contribution is 6.07. The Morgan fingerprint density at radius 1 is 1.17 bits per heavy atom. The average molecular weight is 481 g/mol. The summed E-state index contributed by atoms with van der Waals surface area (Å²) in [7, 11) is 0. The number of rotatable bonds is 6. The number of benzene rings is 2. The molecule has 0 unspecified atom stereocenters. The summed E-state index contributed by atoms with van der Waals surface area (Å²) in [5.74, 6) is 0.834. The van der Waals surface area contributed by atoms with Crippen LogP contribution in [0.3, 0.4) is 0 Å². The molecule has 0 spiro atoms. The Kier molecular flexibility index (Phi) is 7.03. The number of carbonyl (C=O) groups is 2. The van der Waals surface area contributed by atoms with Crippen LogP contribution in [0.2, 0.25) is 0 Å². The first-order valence-corrected chi connectivity index (χ1v) is 11.8. The monoisotopic (exact) mass is 480 g/mol. The summed E-state index contributed by atoms with van der Waals surface area (Å²) in [6, 6.07) is 14.5. The number of aliphatic hydroxyl groups is 1. The molecular formula is C27H32N2O6. The minimum absolute atomic E-state index is 0.207. The number of nitrogens with zero attached hydrogens (tertiary/aromatic N) is 1. The van der Waals surface area contributed by atoms with Gasteiger partial charge >= 0.3 is 6.09 Å². The van der Waals surface area contributed by atoms with Crippen LogP contribution < -0.4 is 10.1 Å². The van der Waals surface area contributed by atoms with Crippen LogP contribution in [0.25, 0.3) is 11.0 Å². The van der Waals surface area contributed by atoms with Crippen molar-refractivity contribution in [1.82, 2.24) is 10.2 Å². The zero-order chi connectivity index (χ0) is 25.2. The molecule has 2 amide bonds. The number of ether oxygens (including phenoxy) is 2. The lowest BCUT2D eigenvalue weighted by atomic mass is 10.1. The van der Waals surface area contributed by atoms with E-state index in [1.165, 1.54) is 4.90 Å². The van der Waals surface area contributed by atoms with Crippen molar-refractivity contribution in [3.05, 3.63) is 65.4 Å². The van der Waals surface area contributed by atoms with Gasteiger partial charge in [0.1, 0.15) is 29.3 Å². The van der Waals surface area contributed by atoms with Gasteiger partial charge in [-0.1, -0.05) is 30.3 Å². The fourth-order valence-electron chi connectivity index (χ4n) is 4.31. The van der Waals surface area contributed by atoms with E-state index in [0.29, 0.717) is 41.1 Å². The molecule has 186 valence electrons. The molecule has 0 radical (unpaired) electrons. The molecule has 8 heteroatoms. The van der Waals surface area contributed by atoms with Crippen LogP contribution in [0, 0.1) is 6.92 Å². The molecular weight excluding hydrogens is 448 g/mol. The van der Waals surface area contributed by atoms with Gasteiger partial charge in [-0.3, -0.25) is 4.79 Å². The summed E-state index contributed by atoms with van der Waals surface area (Å²) in [5, 5.41) is 13.4. The number of hydrogen-bond acceptors (Lipinski definition) is 6. The molecule has 3 aromatic rings. The predicted octanol–water partition coefficient (Wildman–Crippen LogP) is 4.42. The average Bonchev–Trinajstić information content (AvgIpc) is 3.36. The maximum atomic E-state index is 13.3. The number of aryl methyl sites for hydroxylation is 1. The van der Waals surface area contributed by atoms with Crippen LogP contribution in [0.4, 0.5) is 4.79 Å². The predicted molar refractivity (Wildman–Crippen MR) is 131 cm³/mol. The fourth-order valence-corrected chi connectivity index (χ4v) is 4.31. The fraction of sp³-hybridized carbons (Fsp3) is 0.407. The molecule has 0 bridgehead atoms. The first-order chi connectivity index (χ1) is 16.6. The van der Waals surface area contributed by atoms with Crippen LogP contribution in [0.15, 0.2) is 52.9 Å². The topological polar surface area (TPSA) is 101 Å². The Bertz CT molecular complexity index is 1200. The maximum Gasteiger partial charge on any atom is 0.410 e. The Morgan fingerprint density at radius 2 is 1.91 bits per heavy atom. The van der Waals surface area contributed by atoms with Crippen LogP contribution in [-0.2, 0) is 11.3 Å². The Balaban J connectivity index is 1.48. The molecule has 1 aliphatic heterocycles. The normalized spacial score (nSPS) is 18.0. The largest absolute Gasteiger partial charge is 0.489 e. The molecule has 35 heavy (non-hydrogen) atoms. The molecule has 1 fully saturated rings. The second-order valence-electron chi connectivity index (χ2n) is 9.84. The third-order valence-corrected chi connectivity index (χ3v) is 5.90. The van der Waals surface area contributed by atoms with Gasteiger partial charge in [-0.05, 0) is 57.9 Å². The van der Waals surface area contributed by atoms with Crippen molar-refractivity contribution in [3.63, 3.8) is 0 Å². The van der Waals surface area contributed by atoms with Crippen molar-refractivity contribution < 1.29 is 28.6 Å². The van der Waals surface area contributed by atoms with Gasteiger partial charge in [-0.15, -0.1) is 0 Å². The van der Waals surface area contributed by atoms with Gasteiger partial charge < -0.3 is 29.2 Å². The molecule has 1 saturated heterocycles. The lowest BCUT2D eigenvalue weighted by Gasteiger charge is -2.27. The summed E-state index contributed by atoms with van der Waals surface area (Å²) < 4.78 is 17.2. The number of hydrogen-bond donors (Lipinski definition) is 2. The van der Waals surface area contributed by atoms with Crippen LogP contribution in [-0.4, -0.2) is 52.8 Å². The highest BCUT2D eigenvalue weighted by Crippen LogP contribution is 2.30. The molecule has 1 aliphatic rings. The van der Waals surface area contributed by atoms with E-state index in [1.54, 1.807) is 33.8 Å². The van der Waals surface area contributed by atoms with Gasteiger partial charge in [-0.2, -0.15) is 0 Å². The van der Waals surface area contributed by atoms with Gasteiger partial charge in [0.05, 0.1) is 18.2 Å². The number of furan rings is 1. The summed E-state index contributed by atoms with van der Waals surface area (Å²) >= 11 is 0. The Hall–Kier alpha value is -3.52. The Morgan fingerprint density at radius 3 is 2.60 bits per heavy atom. The van der Waals surface area contributed by atoms with Crippen molar-refractivity contribution in [3.8, 4) is 5.75 Å². The van der Waals surface area contributed by atoms with Gasteiger partial charge in [0.15, 0.2) is 0 Å². The first kappa shape index (κ1) is 24.6. The minimum Gasteiger partial charge on any atom is -0.489 e. The molecule has 0 saturated carbocycles. The minimum atomic E-state index is -0.647. The second kappa shape index (κ2) is 10.00. The van der Waals surface area contributed by atoms with Crippen molar-refractivity contribution >= 4 is 23.0 Å². The summed E-state index contributed by atoms with van der Waals surface area (Å²) in [5.41, 5.74) is 1.42. The van der Waals surface area contributed by atoms with Crippen LogP contribution in [0.5, 0.6) is 5.75 Å². The van der Waals surface area contributed by atoms with E-state index < -0.39 is 17.7 Å². The van der Waals surface area contributed by atoms with E-state index in [2.05, 4.69) is 5.32 Å². The maximum absolute atomic E-state index is 13.3. The number of carbonyl (C=O) groups excluding carboxylic acids is 2. The molecule has 4 rings (SSSR count). The van der Waals surface area contributed by atoms with Gasteiger partial charge in [0.25, 0.3) is 5.91 Å². The molecule has 8 nitrogen and oxygen atoms in total. The molecule has 0 aliphatic carbocycles. The lowest BCUT2D eigenvalue weighted by Crippen LogP contribution is -2.42. The number of likely N-dealkylation sites (tertiary alicyclic amines) is 1. The Labute approximate surface area is 204 Å². The quantitative estimate of drug-likeness (QED) is 0.542. The zero-order valence-corrected chi connectivity index (χ0v) is 20.5. The van der Waals surface area contributed by atoms with Crippen molar-refractivity contribution in [2.75, 3.05) is 13.2 Å². The van der Waals surface area contributed by atoms with Crippen molar-refractivity contribution in [2.24, 2.45) is 0 Å². The molecule has 1 aromatic heterocycles. The van der Waals surface area contributed by atoms with E-state index in [0.717, 1.165) is 5.56 Å². The summed E-state index contributed by atoms with van der Waals surface area (Å²) in [6.07, 6.45) is -0.0691. The van der Waals surface area contributed by atoms with E-state index in [4.69, 9.17) is 13.9 Å². The smallest absolute Gasteiger partial charge is 0.410 e. The third-order valence-electron chi connectivity index (χ3n) is 5.90. The third kappa shape index (κ3) is 5.77. The van der Waals surface area contributed by atoms with Crippen molar-refractivity contribution in [2.45, 2.75) is 58.4 Å². The highest BCUT2D eigenvalue weighted by Gasteiger charge is 2.38. The number of aliphatic hydroxyl groups excluding tert-OH is 1. The molecule has 2 heterocycles. The lowest BCUT2D eigenvalue weighted by molar-refractivity contribution is 0.0173. The summed E-state index contributed by atoms with van der Waals surface area (Å²) in [6.45, 7) is 7.58. The number of nitrogens with one attached hydrogen (secondary N) is 1. The number of amides is 2. The zero-order valence-electron chi connectivity index (χ0n) is 20.5. The SMILES string of the molecule is Cc1oc2ccc(OCc3ccccc3)cc2c1C(=O)N[C@H]1C[C@@H](CO)N(C(=O)OC(C)(C)C)C1. The van der Waals surface area contributed by atoms with Gasteiger partial charge in [0.2, 0.25) is 0 Å². The van der Waals surface area contributed by atoms with E-state index in [-0.39, 0.29) is 25.1 Å². The van der Waals surface area contributed by atoms with Crippen molar-refractivity contribution in [1.29, 1.82) is 0 Å². The van der Waals surface area contributed by atoms with Crippen LogP contribution >= 0.6 is 0 Å². The summed E-state index contributed by atoms with van der Waals surface area (Å²) in [4.78, 5) is 27.3. The van der Waals surface area contributed by atoms with Gasteiger partial charge in [0, 0.05) is 18.0 Å². The molecule has 2 atom stereocenters. The second-order valence-corrected chi connectivity index (χ2v) is 9.84. The van der Waals surface area contributed by atoms with Crippen LogP contribution in [0.1, 0.15) is 48.9 Å². The van der Waals surface area contributed by atoms with E-state index >= 15 is 0 Å². The molecule has 2 aromatic carbocycles. The van der Waals surface area contributed by atoms with E-state index in [9.17, 15) is 14.7 Å². The standard InChI is InChI=1S/C27H32N2O6/c1-17-24(22-13-21(10-11-23(22)34-17)33-16-18-8-6-5-7-9-18)25(31)28-19-12-20(15-30)29(14-19)26(32)35-27(2,3)4/h5-11,13,19-20,30H,12,14-16H2,1-4H3,(H,28,31)/t19-,20-/m0/s1. The highest BCUT2D eigenvalue weighted by atomic mass is 16.6.